The molecule has 0 atom stereocenters. The number of carbonyl (C=O) groups is 2. The molecule has 2 rings (SSSR count). The molecule has 0 radical (unpaired) electrons. The Morgan fingerprint density at radius 2 is 1.88 bits per heavy atom. The molecule has 6 nitrogen and oxygen atoms in total. The number of nitrogens with zero attached hydrogens (tertiary/aromatic N) is 2. The van der Waals surface area contributed by atoms with E-state index in [9.17, 15) is 9.59 Å². The number of hydrogen-bond donors (Lipinski definition) is 1. The van der Waals surface area contributed by atoms with Gasteiger partial charge in [0.25, 0.3) is 5.91 Å². The van der Waals surface area contributed by atoms with Crippen LogP contribution in [-0.2, 0) is 10.2 Å². The zero-order valence-corrected chi connectivity index (χ0v) is 14.9. The van der Waals surface area contributed by atoms with Gasteiger partial charge in [0.2, 0.25) is 0 Å². The molecule has 0 aliphatic heterocycles. The summed E-state index contributed by atoms with van der Waals surface area (Å²) in [6.45, 7) is 5.66. The fourth-order valence-corrected chi connectivity index (χ4v) is 3.08. The summed E-state index contributed by atoms with van der Waals surface area (Å²) in [5.41, 5.74) is 2.95. The van der Waals surface area contributed by atoms with Gasteiger partial charge >= 0.3 is 5.97 Å². The van der Waals surface area contributed by atoms with Crippen LogP contribution in [0.5, 0.6) is 5.75 Å². The average molecular weight is 348 g/mol. The molecular weight excluding hydrogens is 328 g/mol. The van der Waals surface area contributed by atoms with Crippen molar-refractivity contribution < 1.29 is 19.4 Å². The number of anilines is 1. The lowest BCUT2D eigenvalue weighted by molar-refractivity contribution is -0.139. The third-order valence-corrected chi connectivity index (χ3v) is 4.18. The maximum absolute atomic E-state index is 12.8. The van der Waals surface area contributed by atoms with Crippen molar-refractivity contribution in [2.24, 2.45) is 0 Å². The van der Waals surface area contributed by atoms with Gasteiger partial charge in [-0.1, -0.05) is 20.8 Å². The van der Waals surface area contributed by atoms with Crippen LogP contribution in [0, 0.1) is 0 Å². The van der Waals surface area contributed by atoms with E-state index in [1.807, 2.05) is 20.8 Å². The SMILES string of the molecule is CN(C(=O)c1scnc1C(C)(C)C)c1ccc(OCC(=O)O)cc1. The van der Waals surface area contributed by atoms with Crippen molar-refractivity contribution in [1.29, 1.82) is 0 Å². The maximum Gasteiger partial charge on any atom is 0.341 e. The monoisotopic (exact) mass is 348 g/mol. The molecule has 0 saturated carbocycles. The summed E-state index contributed by atoms with van der Waals surface area (Å²) in [5, 5.41) is 8.61. The molecule has 1 amide bonds. The van der Waals surface area contributed by atoms with E-state index < -0.39 is 12.6 Å². The highest BCUT2D eigenvalue weighted by molar-refractivity contribution is 7.12. The summed E-state index contributed by atoms with van der Waals surface area (Å²) in [5.74, 6) is -0.719. The summed E-state index contributed by atoms with van der Waals surface area (Å²) < 4.78 is 5.09. The predicted octanol–water partition coefficient (Wildman–Crippen LogP) is 3.18. The van der Waals surface area contributed by atoms with Gasteiger partial charge in [-0.3, -0.25) is 4.79 Å². The number of hydrogen-bond acceptors (Lipinski definition) is 5. The number of carboxylic acids is 1. The number of ether oxygens (including phenoxy) is 1. The Morgan fingerprint density at radius 1 is 1.25 bits per heavy atom. The van der Waals surface area contributed by atoms with E-state index in [2.05, 4.69) is 4.98 Å². The number of amides is 1. The van der Waals surface area contributed by atoms with Crippen molar-refractivity contribution in [3.05, 3.63) is 40.3 Å². The summed E-state index contributed by atoms with van der Waals surface area (Å²) in [7, 11) is 1.70. The Balaban J connectivity index is 2.17. The van der Waals surface area contributed by atoms with Crippen molar-refractivity contribution in [1.82, 2.24) is 4.98 Å². The Labute approximate surface area is 144 Å². The maximum atomic E-state index is 12.8. The van der Waals surface area contributed by atoms with E-state index in [0.29, 0.717) is 16.3 Å². The van der Waals surface area contributed by atoms with Crippen LogP contribution < -0.4 is 9.64 Å². The van der Waals surface area contributed by atoms with Crippen LogP contribution in [0.4, 0.5) is 5.69 Å². The van der Waals surface area contributed by atoms with Gasteiger partial charge in [0.05, 0.1) is 11.2 Å². The molecule has 128 valence electrons. The smallest absolute Gasteiger partial charge is 0.341 e. The first-order valence-electron chi connectivity index (χ1n) is 7.37. The van der Waals surface area contributed by atoms with Crippen molar-refractivity contribution >= 4 is 28.9 Å². The fourth-order valence-electron chi connectivity index (χ4n) is 2.11. The standard InChI is InChI=1S/C17H20N2O4S/c1-17(2,3)15-14(24-10-18-15)16(22)19(4)11-5-7-12(8-6-11)23-9-13(20)21/h5-8,10H,9H2,1-4H3,(H,20,21). The van der Waals surface area contributed by atoms with E-state index in [1.165, 1.54) is 11.3 Å². The van der Waals surface area contributed by atoms with Gasteiger partial charge in [0, 0.05) is 18.2 Å². The zero-order chi connectivity index (χ0) is 17.9. The van der Waals surface area contributed by atoms with E-state index in [0.717, 1.165) is 5.69 Å². The van der Waals surface area contributed by atoms with Gasteiger partial charge in [0.15, 0.2) is 6.61 Å². The van der Waals surface area contributed by atoms with Gasteiger partial charge in [-0.2, -0.15) is 0 Å². The first-order valence-corrected chi connectivity index (χ1v) is 8.25. The van der Waals surface area contributed by atoms with Crippen molar-refractivity contribution in [2.45, 2.75) is 26.2 Å². The molecule has 24 heavy (non-hydrogen) atoms. The average Bonchev–Trinajstić information content (AvgIpc) is 3.02. The minimum absolute atomic E-state index is 0.123. The molecule has 0 unspecified atom stereocenters. The third-order valence-electron chi connectivity index (χ3n) is 3.36. The molecule has 0 bridgehead atoms. The van der Waals surface area contributed by atoms with Gasteiger partial charge in [-0.15, -0.1) is 11.3 Å². The van der Waals surface area contributed by atoms with Crippen LogP contribution in [-0.4, -0.2) is 35.6 Å². The number of carboxylic acid groups (broad SMARTS) is 1. The molecule has 0 fully saturated rings. The molecule has 0 aliphatic rings. The van der Waals surface area contributed by atoms with E-state index in [-0.39, 0.29) is 11.3 Å². The van der Waals surface area contributed by atoms with Gasteiger partial charge < -0.3 is 14.7 Å². The summed E-state index contributed by atoms with van der Waals surface area (Å²) in [6, 6.07) is 6.71. The van der Waals surface area contributed by atoms with Crippen molar-refractivity contribution in [3.8, 4) is 5.75 Å². The number of rotatable bonds is 5. The normalized spacial score (nSPS) is 11.2. The molecule has 7 heteroatoms. The topological polar surface area (TPSA) is 79.7 Å². The van der Waals surface area contributed by atoms with Crippen LogP contribution >= 0.6 is 11.3 Å². The summed E-state index contributed by atoms with van der Waals surface area (Å²) in [6.07, 6.45) is 0. The zero-order valence-electron chi connectivity index (χ0n) is 14.1. The van der Waals surface area contributed by atoms with Crippen molar-refractivity contribution in [3.63, 3.8) is 0 Å². The van der Waals surface area contributed by atoms with E-state index in [1.54, 1.807) is 41.7 Å². The number of thiazole rings is 1. The van der Waals surface area contributed by atoms with Crippen LogP contribution in [0.2, 0.25) is 0 Å². The lowest BCUT2D eigenvalue weighted by Gasteiger charge is -2.21. The number of aromatic nitrogens is 1. The molecule has 2 aromatic rings. The molecule has 0 saturated heterocycles. The second-order valence-electron chi connectivity index (χ2n) is 6.32. The minimum atomic E-state index is -1.04. The summed E-state index contributed by atoms with van der Waals surface area (Å²) in [4.78, 5) is 29.8. The molecule has 1 N–H and O–H groups in total. The van der Waals surface area contributed by atoms with Gasteiger partial charge in [0.1, 0.15) is 10.6 Å². The minimum Gasteiger partial charge on any atom is -0.482 e. The third kappa shape index (κ3) is 4.11. The molecule has 0 spiro atoms. The van der Waals surface area contributed by atoms with E-state index >= 15 is 0 Å². The Hall–Kier alpha value is -2.41. The van der Waals surface area contributed by atoms with E-state index in [4.69, 9.17) is 9.84 Å². The second-order valence-corrected chi connectivity index (χ2v) is 7.18. The molecule has 1 heterocycles. The largest absolute Gasteiger partial charge is 0.482 e. The number of benzene rings is 1. The molecular formula is C17H20N2O4S. The Bertz CT molecular complexity index is 732. The predicted molar refractivity (Wildman–Crippen MR) is 93.1 cm³/mol. The summed E-state index contributed by atoms with van der Waals surface area (Å²) >= 11 is 1.33. The van der Waals surface area contributed by atoms with Crippen molar-refractivity contribution in [2.75, 3.05) is 18.6 Å². The van der Waals surface area contributed by atoms with Crippen LogP contribution in [0.25, 0.3) is 0 Å². The quantitative estimate of drug-likeness (QED) is 0.898. The Morgan fingerprint density at radius 3 is 2.42 bits per heavy atom. The molecule has 0 aliphatic carbocycles. The lowest BCUT2D eigenvalue weighted by atomic mass is 9.91. The lowest BCUT2D eigenvalue weighted by Crippen LogP contribution is -2.28. The number of aliphatic carboxylic acids is 1. The van der Waals surface area contributed by atoms with Crippen LogP contribution in [0.1, 0.15) is 36.1 Å². The highest BCUT2D eigenvalue weighted by Gasteiger charge is 2.27. The van der Waals surface area contributed by atoms with Gasteiger partial charge in [-0.05, 0) is 24.3 Å². The Kier molecular flexibility index (Phi) is 5.23. The van der Waals surface area contributed by atoms with Crippen LogP contribution in [0.3, 0.4) is 0 Å². The molecule has 1 aromatic carbocycles. The van der Waals surface area contributed by atoms with Crippen LogP contribution in [0.15, 0.2) is 29.8 Å². The molecule has 1 aromatic heterocycles. The number of carbonyl (C=O) groups excluding carboxylic acids is 1. The second kappa shape index (κ2) is 7.00. The highest BCUT2D eigenvalue weighted by atomic mass is 32.1. The van der Waals surface area contributed by atoms with Gasteiger partial charge in [-0.25, -0.2) is 9.78 Å². The first kappa shape index (κ1) is 17.9. The fraction of sp³-hybridized carbons (Fsp3) is 0.353. The highest BCUT2D eigenvalue weighted by Crippen LogP contribution is 2.29. The first-order chi connectivity index (χ1) is 11.2.